The number of hydrogen-bond acceptors (Lipinski definition) is 3. The summed E-state index contributed by atoms with van der Waals surface area (Å²) in [5.41, 5.74) is 2.03. The summed E-state index contributed by atoms with van der Waals surface area (Å²) in [5.74, 6) is 0. The van der Waals surface area contributed by atoms with Gasteiger partial charge in [-0.25, -0.2) is 0 Å². The van der Waals surface area contributed by atoms with Crippen LogP contribution in [0.25, 0.3) is 0 Å². The van der Waals surface area contributed by atoms with Gasteiger partial charge in [0.2, 0.25) is 0 Å². The molecule has 0 amide bonds. The second-order valence-corrected chi connectivity index (χ2v) is 3.21. The van der Waals surface area contributed by atoms with Crippen molar-refractivity contribution in [1.82, 2.24) is 9.97 Å². The van der Waals surface area contributed by atoms with Gasteiger partial charge in [-0.05, 0) is 35.4 Å². The smallest absolute Gasteiger partial charge is 0.0524 e. The molecule has 0 atom stereocenters. The van der Waals surface area contributed by atoms with E-state index in [1.54, 1.807) is 24.8 Å². The fourth-order valence-electron chi connectivity index (χ4n) is 1.17. The van der Waals surface area contributed by atoms with Gasteiger partial charge in [-0.3, -0.25) is 9.97 Å². The van der Waals surface area contributed by atoms with E-state index in [1.165, 1.54) is 0 Å². The Labute approximate surface area is 87.7 Å². The van der Waals surface area contributed by atoms with Crippen molar-refractivity contribution in [2.24, 2.45) is 0 Å². The molecular weight excluding hydrogens is 192 g/mol. The van der Waals surface area contributed by atoms with E-state index in [0.717, 1.165) is 16.0 Å². The quantitative estimate of drug-likeness (QED) is 0.549. The van der Waals surface area contributed by atoms with Crippen molar-refractivity contribution in [3.63, 3.8) is 0 Å². The van der Waals surface area contributed by atoms with E-state index in [1.807, 2.05) is 24.3 Å². The van der Waals surface area contributed by atoms with Gasteiger partial charge in [-0.15, -0.1) is 0 Å². The fourth-order valence-corrected chi connectivity index (χ4v) is 1.45. The molecule has 0 aromatic carbocycles. The molecule has 0 aliphatic rings. The summed E-state index contributed by atoms with van der Waals surface area (Å²) in [6.07, 6.45) is 6.96. The molecule has 0 spiro atoms. The minimum absolute atomic E-state index is 0.829. The van der Waals surface area contributed by atoms with Crippen LogP contribution in [0.5, 0.6) is 0 Å². The van der Waals surface area contributed by atoms with Crippen molar-refractivity contribution >= 4 is 17.1 Å². The molecule has 2 aromatic heterocycles. The highest BCUT2D eigenvalue weighted by Crippen LogP contribution is 2.08. The molecule has 0 bridgehead atoms. The predicted octanol–water partition coefficient (Wildman–Crippen LogP) is 2.24. The zero-order valence-electron chi connectivity index (χ0n) is 7.42. The molecule has 2 heterocycles. The molecule has 2 aromatic rings. The van der Waals surface area contributed by atoms with Crippen molar-refractivity contribution in [3.05, 3.63) is 60.2 Å². The topological polar surface area (TPSA) is 25.8 Å². The number of nitrogens with zero attached hydrogens (tertiary/aromatic N) is 2. The average Bonchev–Trinajstić information content (AvgIpc) is 2.30. The van der Waals surface area contributed by atoms with E-state index in [-0.39, 0.29) is 0 Å². The van der Waals surface area contributed by atoms with Gasteiger partial charge in [0, 0.05) is 24.8 Å². The van der Waals surface area contributed by atoms with Crippen LogP contribution in [0, 0.1) is 0 Å². The van der Waals surface area contributed by atoms with Crippen LogP contribution in [0.4, 0.5) is 0 Å². The third-order valence-electron chi connectivity index (χ3n) is 1.89. The molecule has 0 N–H and O–H groups in total. The van der Waals surface area contributed by atoms with Crippen molar-refractivity contribution in [2.45, 2.75) is 0 Å². The molecule has 0 fully saturated rings. The molecule has 0 aliphatic heterocycles. The number of rotatable bonds is 2. The van der Waals surface area contributed by atoms with Crippen molar-refractivity contribution in [3.8, 4) is 0 Å². The standard InChI is InChI=1S/C11H8N2S/c14-11(9-1-5-12-6-2-9)10-3-7-13-8-4-10/h1-8H. The maximum atomic E-state index is 5.33. The third kappa shape index (κ3) is 1.83. The molecule has 14 heavy (non-hydrogen) atoms. The fraction of sp³-hybridized carbons (Fsp3) is 0. The van der Waals surface area contributed by atoms with Gasteiger partial charge in [0.25, 0.3) is 0 Å². The summed E-state index contributed by atoms with van der Waals surface area (Å²) in [5, 5.41) is 0. The van der Waals surface area contributed by atoms with Crippen LogP contribution in [0.1, 0.15) is 11.1 Å². The summed E-state index contributed by atoms with van der Waals surface area (Å²) in [7, 11) is 0. The summed E-state index contributed by atoms with van der Waals surface area (Å²) in [4.78, 5) is 8.73. The van der Waals surface area contributed by atoms with E-state index in [0.29, 0.717) is 0 Å². The minimum Gasteiger partial charge on any atom is -0.265 e. The number of thiocarbonyl (C=S) groups is 1. The van der Waals surface area contributed by atoms with Gasteiger partial charge >= 0.3 is 0 Å². The van der Waals surface area contributed by atoms with Gasteiger partial charge in [0.1, 0.15) is 0 Å². The molecule has 2 rings (SSSR count). The molecule has 68 valence electrons. The van der Waals surface area contributed by atoms with Gasteiger partial charge in [-0.2, -0.15) is 0 Å². The molecule has 0 aliphatic carbocycles. The van der Waals surface area contributed by atoms with Crippen molar-refractivity contribution < 1.29 is 0 Å². The first-order valence-corrected chi connectivity index (χ1v) is 4.63. The lowest BCUT2D eigenvalue weighted by Crippen LogP contribution is -1.99. The summed E-state index contributed by atoms with van der Waals surface area (Å²) >= 11 is 5.33. The first-order valence-electron chi connectivity index (χ1n) is 4.22. The minimum atomic E-state index is 0.829. The van der Waals surface area contributed by atoms with Gasteiger partial charge in [-0.1, -0.05) is 12.2 Å². The molecule has 3 heteroatoms. The molecule has 0 radical (unpaired) electrons. The normalized spacial score (nSPS) is 9.71. The monoisotopic (exact) mass is 200 g/mol. The zero-order chi connectivity index (χ0) is 9.80. The Hall–Kier alpha value is -1.61. The molecule has 0 unspecified atom stereocenters. The average molecular weight is 200 g/mol. The Morgan fingerprint density at radius 3 is 1.50 bits per heavy atom. The lowest BCUT2D eigenvalue weighted by molar-refractivity contribution is 1.31. The maximum Gasteiger partial charge on any atom is 0.0524 e. The van der Waals surface area contributed by atoms with E-state index in [4.69, 9.17) is 12.2 Å². The third-order valence-corrected chi connectivity index (χ3v) is 2.36. The van der Waals surface area contributed by atoms with Crippen molar-refractivity contribution in [1.29, 1.82) is 0 Å². The highest BCUT2D eigenvalue weighted by molar-refractivity contribution is 7.81. The molecular formula is C11H8N2S. The van der Waals surface area contributed by atoms with E-state index < -0.39 is 0 Å². The van der Waals surface area contributed by atoms with Crippen LogP contribution in [-0.4, -0.2) is 14.8 Å². The van der Waals surface area contributed by atoms with Crippen LogP contribution < -0.4 is 0 Å². The Bertz CT molecular complexity index is 384. The van der Waals surface area contributed by atoms with E-state index in [9.17, 15) is 0 Å². The largest absolute Gasteiger partial charge is 0.265 e. The Morgan fingerprint density at radius 2 is 1.14 bits per heavy atom. The first kappa shape index (κ1) is 8.97. The van der Waals surface area contributed by atoms with Crippen molar-refractivity contribution in [2.75, 3.05) is 0 Å². The molecule has 0 saturated carbocycles. The van der Waals surface area contributed by atoms with Crippen LogP contribution in [0.2, 0.25) is 0 Å². The SMILES string of the molecule is S=C(c1ccncc1)c1ccncc1. The molecule has 0 saturated heterocycles. The predicted molar refractivity (Wildman–Crippen MR) is 59.3 cm³/mol. The van der Waals surface area contributed by atoms with Gasteiger partial charge in [0.15, 0.2) is 0 Å². The van der Waals surface area contributed by atoms with E-state index >= 15 is 0 Å². The highest BCUT2D eigenvalue weighted by atomic mass is 32.1. The molecule has 2 nitrogen and oxygen atoms in total. The summed E-state index contributed by atoms with van der Waals surface area (Å²) in [6, 6.07) is 7.62. The first-order chi connectivity index (χ1) is 6.88. The lowest BCUT2D eigenvalue weighted by Gasteiger charge is -2.02. The van der Waals surface area contributed by atoms with Gasteiger partial charge in [0.05, 0.1) is 4.86 Å². The zero-order valence-corrected chi connectivity index (χ0v) is 8.24. The second kappa shape index (κ2) is 4.07. The highest BCUT2D eigenvalue weighted by Gasteiger charge is 2.02. The lowest BCUT2D eigenvalue weighted by atomic mass is 10.1. The van der Waals surface area contributed by atoms with Crippen LogP contribution >= 0.6 is 12.2 Å². The Balaban J connectivity index is 2.35. The number of aromatic nitrogens is 2. The maximum absolute atomic E-state index is 5.33. The second-order valence-electron chi connectivity index (χ2n) is 2.80. The van der Waals surface area contributed by atoms with Crippen LogP contribution in [-0.2, 0) is 0 Å². The number of hydrogen-bond donors (Lipinski definition) is 0. The summed E-state index contributed by atoms with van der Waals surface area (Å²) in [6.45, 7) is 0. The van der Waals surface area contributed by atoms with Crippen LogP contribution in [0.3, 0.4) is 0 Å². The van der Waals surface area contributed by atoms with Crippen LogP contribution in [0.15, 0.2) is 49.1 Å². The number of pyridine rings is 2. The Kier molecular flexibility index (Phi) is 2.60. The van der Waals surface area contributed by atoms with E-state index in [2.05, 4.69) is 9.97 Å². The Morgan fingerprint density at radius 1 is 0.786 bits per heavy atom. The summed E-state index contributed by atoms with van der Waals surface area (Å²) < 4.78 is 0. The van der Waals surface area contributed by atoms with Gasteiger partial charge < -0.3 is 0 Å².